The molecule has 1 spiro atoms. The molecule has 290 valence electrons. The summed E-state index contributed by atoms with van der Waals surface area (Å²) in [5, 5.41) is 13.1. The number of anilines is 2. The van der Waals surface area contributed by atoms with Crippen molar-refractivity contribution >= 4 is 29.6 Å². The second kappa shape index (κ2) is 13.4. The number of carbonyl (C=O) groups excluding carboxylic acids is 2. The Morgan fingerprint density at radius 1 is 0.964 bits per heavy atom. The maximum atomic E-state index is 14.8. The van der Waals surface area contributed by atoms with Gasteiger partial charge in [0.25, 0.3) is 5.91 Å². The molecule has 55 heavy (non-hydrogen) atoms. The van der Waals surface area contributed by atoms with Gasteiger partial charge in [-0.25, -0.2) is 19.6 Å². The molecule has 6 fully saturated rings. The van der Waals surface area contributed by atoms with Crippen LogP contribution < -0.4 is 15.0 Å². The number of hydrogen-bond acceptors (Lipinski definition) is 9. The van der Waals surface area contributed by atoms with E-state index in [1.54, 1.807) is 21.9 Å². The highest BCUT2D eigenvalue weighted by Crippen LogP contribution is 2.58. The van der Waals surface area contributed by atoms with E-state index in [0.29, 0.717) is 88.1 Å². The molecular formula is C40H42F3N5O7. The molecule has 4 bridgehead atoms. The lowest BCUT2D eigenvalue weighted by Crippen LogP contribution is -2.70. The Hall–Kier alpha value is -4.92. The van der Waals surface area contributed by atoms with Crippen molar-refractivity contribution in [2.24, 2.45) is 23.7 Å². The fourth-order valence-corrected chi connectivity index (χ4v) is 10.4. The van der Waals surface area contributed by atoms with Crippen molar-refractivity contribution in [1.82, 2.24) is 20.2 Å². The van der Waals surface area contributed by atoms with Crippen molar-refractivity contribution < 1.29 is 46.9 Å². The minimum atomic E-state index is -5.02. The Morgan fingerprint density at radius 2 is 1.65 bits per heavy atom. The Kier molecular flexibility index (Phi) is 8.70. The number of benzene rings is 2. The summed E-state index contributed by atoms with van der Waals surface area (Å²) in [5.41, 5.74) is -1.93. The second-order valence-electron chi connectivity index (χ2n) is 16.2. The fourth-order valence-electron chi connectivity index (χ4n) is 10.4. The highest BCUT2D eigenvalue weighted by atomic mass is 19.4. The number of carboxylic acids is 1. The molecule has 15 heteroatoms. The van der Waals surface area contributed by atoms with Gasteiger partial charge in [0.2, 0.25) is 5.95 Å². The molecule has 3 aromatic rings. The number of rotatable bonds is 8. The van der Waals surface area contributed by atoms with Gasteiger partial charge in [0.15, 0.2) is 5.69 Å². The average molecular weight is 762 g/mol. The van der Waals surface area contributed by atoms with Crippen LogP contribution in [0, 0.1) is 23.7 Å². The third-order valence-corrected chi connectivity index (χ3v) is 13.0. The van der Waals surface area contributed by atoms with Crippen molar-refractivity contribution in [3.05, 3.63) is 77.1 Å². The molecule has 3 aliphatic heterocycles. The van der Waals surface area contributed by atoms with E-state index in [1.807, 2.05) is 36.4 Å². The molecule has 4 saturated carbocycles. The molecule has 0 radical (unpaired) electrons. The number of nitrogens with one attached hydrogen (secondary N) is 1. The predicted molar refractivity (Wildman–Crippen MR) is 190 cm³/mol. The van der Waals surface area contributed by atoms with Crippen molar-refractivity contribution in [2.45, 2.75) is 74.8 Å². The highest BCUT2D eigenvalue weighted by Gasteiger charge is 2.62. The number of nitrogens with zero attached hydrogens (tertiary/aromatic N) is 4. The molecule has 0 unspecified atom stereocenters. The van der Waals surface area contributed by atoms with Crippen LogP contribution in [-0.2, 0) is 32.5 Å². The molecule has 10 rings (SSSR count). The molecule has 2 N–H and O–H groups in total. The van der Waals surface area contributed by atoms with Gasteiger partial charge >= 0.3 is 18.2 Å². The standard InChI is InChI=1S/C40H42F3N5O7/c41-40(42,43)33-30(34(49)46-39(35(50)51)26-13-24-12-25(15-26)16-27(39)14-24)18-44-36(45-33)48-22-38(8-10-53-11-9-38)31-17-28(6-7-32(31)48)55-29-19-47(20-29)37(52)54-21-23-4-2-1-3-5-23/h1-7,17-18,24-27,29H,8-16,19-22H2,(H,46,49)(H,50,51). The number of alkyl halides is 3. The topological polar surface area (TPSA) is 143 Å². The Bertz CT molecular complexity index is 1970. The zero-order valence-electron chi connectivity index (χ0n) is 30.1. The monoisotopic (exact) mass is 761 g/mol. The summed E-state index contributed by atoms with van der Waals surface area (Å²) in [7, 11) is 0. The molecule has 12 nitrogen and oxygen atoms in total. The van der Waals surface area contributed by atoms with Crippen LogP contribution in [0.1, 0.15) is 72.1 Å². The smallest absolute Gasteiger partial charge is 0.434 e. The number of halogens is 3. The van der Waals surface area contributed by atoms with Crippen LogP contribution in [0.2, 0.25) is 0 Å². The first-order valence-corrected chi connectivity index (χ1v) is 19.0. The highest BCUT2D eigenvalue weighted by molar-refractivity contribution is 5.99. The summed E-state index contributed by atoms with van der Waals surface area (Å²) >= 11 is 0. The Balaban J connectivity index is 0.946. The van der Waals surface area contributed by atoms with Crippen LogP contribution in [0.25, 0.3) is 0 Å². The van der Waals surface area contributed by atoms with Gasteiger partial charge in [0.05, 0.1) is 18.7 Å². The normalized spacial score (nSPS) is 27.8. The van der Waals surface area contributed by atoms with Gasteiger partial charge in [-0.3, -0.25) is 4.79 Å². The van der Waals surface area contributed by atoms with E-state index in [2.05, 4.69) is 15.3 Å². The number of amides is 2. The molecular weight excluding hydrogens is 719 g/mol. The predicted octanol–water partition coefficient (Wildman–Crippen LogP) is 6.10. The van der Waals surface area contributed by atoms with Crippen LogP contribution in [0.3, 0.4) is 0 Å². The van der Waals surface area contributed by atoms with Gasteiger partial charge in [-0.05, 0) is 97.9 Å². The number of aromatic nitrogens is 2. The van der Waals surface area contributed by atoms with Gasteiger partial charge in [0, 0.05) is 37.1 Å². The molecule has 2 amide bonds. The lowest BCUT2D eigenvalue weighted by Gasteiger charge is -2.59. The number of fused-ring (bicyclic) bond motifs is 2. The lowest BCUT2D eigenvalue weighted by molar-refractivity contribution is -0.163. The first kappa shape index (κ1) is 35.8. The molecule has 2 saturated heterocycles. The van der Waals surface area contributed by atoms with E-state index in [-0.39, 0.29) is 37.0 Å². The summed E-state index contributed by atoms with van der Waals surface area (Å²) in [6.45, 7) is 2.08. The number of likely N-dealkylation sites (tertiary alicyclic amines) is 1. The van der Waals surface area contributed by atoms with Crippen molar-refractivity contribution in [2.75, 3.05) is 37.7 Å². The number of carboxylic acid groups (broad SMARTS) is 1. The van der Waals surface area contributed by atoms with Crippen LogP contribution in [0.4, 0.5) is 29.6 Å². The quantitative estimate of drug-likeness (QED) is 0.276. The second-order valence-corrected chi connectivity index (χ2v) is 16.2. The zero-order chi connectivity index (χ0) is 38.1. The molecule has 4 heterocycles. The number of ether oxygens (including phenoxy) is 3. The molecule has 2 aromatic carbocycles. The first-order chi connectivity index (χ1) is 26.4. The van der Waals surface area contributed by atoms with E-state index in [0.717, 1.165) is 23.7 Å². The number of aliphatic carboxylic acids is 1. The first-order valence-electron chi connectivity index (χ1n) is 19.0. The molecule has 4 aliphatic carbocycles. The molecule has 7 aliphatic rings. The van der Waals surface area contributed by atoms with Crippen LogP contribution in [-0.4, -0.2) is 82.4 Å². The summed E-state index contributed by atoms with van der Waals surface area (Å²) in [6.07, 6.45) is -0.0221. The molecule has 0 atom stereocenters. The van der Waals surface area contributed by atoms with Crippen molar-refractivity contribution in [3.63, 3.8) is 0 Å². The van der Waals surface area contributed by atoms with Crippen molar-refractivity contribution in [3.8, 4) is 5.75 Å². The van der Waals surface area contributed by atoms with E-state index in [9.17, 15) is 32.7 Å². The third-order valence-electron chi connectivity index (χ3n) is 13.0. The summed E-state index contributed by atoms with van der Waals surface area (Å²) < 4.78 is 61.7. The van der Waals surface area contributed by atoms with Crippen LogP contribution in [0.15, 0.2) is 54.7 Å². The lowest BCUT2D eigenvalue weighted by atomic mass is 9.48. The van der Waals surface area contributed by atoms with E-state index in [1.165, 1.54) is 0 Å². The van der Waals surface area contributed by atoms with E-state index >= 15 is 0 Å². The van der Waals surface area contributed by atoms with Crippen LogP contribution in [0.5, 0.6) is 5.75 Å². The maximum Gasteiger partial charge on any atom is 0.434 e. The largest absolute Gasteiger partial charge is 0.487 e. The minimum absolute atomic E-state index is 0.172. The summed E-state index contributed by atoms with van der Waals surface area (Å²) in [4.78, 5) is 50.7. The zero-order valence-corrected chi connectivity index (χ0v) is 30.1. The van der Waals surface area contributed by atoms with Gasteiger partial charge in [-0.15, -0.1) is 0 Å². The Morgan fingerprint density at radius 3 is 2.31 bits per heavy atom. The maximum absolute atomic E-state index is 14.8. The average Bonchev–Trinajstić information content (AvgIpc) is 3.45. The van der Waals surface area contributed by atoms with Gasteiger partial charge in [-0.1, -0.05) is 30.3 Å². The SMILES string of the molecule is O=C(NC1(C(=O)O)C2CC3CC(C2)CC1C3)c1cnc(N2CC3(CCOCC3)c3cc(OC4CN(C(=O)OCc5ccccc5)C4)ccc32)nc1C(F)(F)F. The molecule has 1 aromatic heterocycles. The minimum Gasteiger partial charge on any atom is -0.487 e. The van der Waals surface area contributed by atoms with E-state index in [4.69, 9.17) is 14.2 Å². The third kappa shape index (κ3) is 6.24. The van der Waals surface area contributed by atoms with Gasteiger partial charge in [-0.2, -0.15) is 13.2 Å². The summed E-state index contributed by atoms with van der Waals surface area (Å²) in [5.74, 6) is -1.88. The van der Waals surface area contributed by atoms with Crippen LogP contribution >= 0.6 is 0 Å². The summed E-state index contributed by atoms with van der Waals surface area (Å²) in [6, 6.07) is 14.8. The van der Waals surface area contributed by atoms with Gasteiger partial charge < -0.3 is 34.4 Å². The van der Waals surface area contributed by atoms with E-state index < -0.39 is 46.4 Å². The van der Waals surface area contributed by atoms with Gasteiger partial charge in [0.1, 0.15) is 24.0 Å². The van der Waals surface area contributed by atoms with Crippen molar-refractivity contribution in [1.29, 1.82) is 0 Å². The fraction of sp³-hybridized carbons (Fsp3) is 0.525. The Labute approximate surface area is 315 Å². The number of hydrogen-bond donors (Lipinski definition) is 2. The number of carbonyl (C=O) groups is 3.